The minimum absolute atomic E-state index is 0.102. The van der Waals surface area contributed by atoms with E-state index in [1.807, 2.05) is 18.4 Å². The number of aryl methyl sites for hydroxylation is 1. The van der Waals surface area contributed by atoms with Gasteiger partial charge in [0.25, 0.3) is 5.91 Å². The van der Waals surface area contributed by atoms with Gasteiger partial charge in [0.1, 0.15) is 5.84 Å². The molecule has 0 bridgehead atoms. The summed E-state index contributed by atoms with van der Waals surface area (Å²) in [6, 6.07) is 1.95. The average Bonchev–Trinajstić information content (AvgIpc) is 2.83. The molecule has 100 valence electrons. The van der Waals surface area contributed by atoms with Crippen LogP contribution in [0.15, 0.2) is 16.6 Å². The van der Waals surface area contributed by atoms with Gasteiger partial charge in [-0.15, -0.1) is 11.3 Å². The molecule has 0 atom stereocenters. The highest BCUT2D eigenvalue weighted by Crippen LogP contribution is 2.18. The van der Waals surface area contributed by atoms with Crippen molar-refractivity contribution in [3.8, 4) is 0 Å². The third-order valence-electron chi connectivity index (χ3n) is 2.83. The number of carbonyl (C=O) groups excluding carboxylic acids is 1. The van der Waals surface area contributed by atoms with Gasteiger partial charge in [-0.2, -0.15) is 0 Å². The van der Waals surface area contributed by atoms with Crippen molar-refractivity contribution in [1.82, 2.24) is 5.32 Å². The zero-order valence-corrected chi connectivity index (χ0v) is 11.7. The summed E-state index contributed by atoms with van der Waals surface area (Å²) in [4.78, 5) is 12.7. The molecule has 6 heteroatoms. The Bertz CT molecular complexity index is 452. The number of hydrogen-bond acceptors (Lipinski definition) is 4. The van der Waals surface area contributed by atoms with Crippen LogP contribution < -0.4 is 11.1 Å². The summed E-state index contributed by atoms with van der Waals surface area (Å²) in [5.74, 6) is -0.00893. The van der Waals surface area contributed by atoms with E-state index >= 15 is 0 Å². The van der Waals surface area contributed by atoms with Crippen LogP contribution in [0.2, 0.25) is 0 Å². The van der Waals surface area contributed by atoms with Crippen molar-refractivity contribution in [2.75, 3.05) is 6.54 Å². The molecule has 0 radical (unpaired) electrons. The highest BCUT2D eigenvalue weighted by molar-refractivity contribution is 7.12. The van der Waals surface area contributed by atoms with E-state index in [0.29, 0.717) is 6.54 Å². The second-order valence-electron chi connectivity index (χ2n) is 4.68. The summed E-state index contributed by atoms with van der Waals surface area (Å²) in [5.41, 5.74) is 6.03. The Morgan fingerprint density at radius 1 is 1.61 bits per heavy atom. The molecule has 0 aromatic carbocycles. The van der Waals surface area contributed by atoms with E-state index in [9.17, 15) is 4.79 Å². The first-order valence-electron chi connectivity index (χ1n) is 5.75. The maximum absolute atomic E-state index is 12.0. The number of hydrogen-bond donors (Lipinski definition) is 3. The molecular weight excluding hydrogens is 250 g/mol. The summed E-state index contributed by atoms with van der Waals surface area (Å²) in [5, 5.41) is 16.4. The fraction of sp³-hybridized carbons (Fsp3) is 0.500. The van der Waals surface area contributed by atoms with E-state index in [-0.39, 0.29) is 11.7 Å². The molecule has 1 aromatic rings. The lowest BCUT2D eigenvalue weighted by Gasteiger charge is -2.23. The van der Waals surface area contributed by atoms with Gasteiger partial charge in [-0.05, 0) is 23.4 Å². The minimum Gasteiger partial charge on any atom is -0.409 e. The van der Waals surface area contributed by atoms with Crippen molar-refractivity contribution in [3.63, 3.8) is 0 Å². The third-order valence-corrected chi connectivity index (χ3v) is 3.78. The summed E-state index contributed by atoms with van der Waals surface area (Å²) < 4.78 is 0. The van der Waals surface area contributed by atoms with Crippen molar-refractivity contribution in [3.05, 3.63) is 21.9 Å². The molecular formula is C12H19N3O2S. The third kappa shape index (κ3) is 3.22. The number of amidine groups is 1. The Kier molecular flexibility index (Phi) is 4.72. The van der Waals surface area contributed by atoms with Crippen LogP contribution >= 0.6 is 11.3 Å². The first-order valence-corrected chi connectivity index (χ1v) is 6.63. The van der Waals surface area contributed by atoms with Gasteiger partial charge < -0.3 is 16.3 Å². The minimum atomic E-state index is -0.575. The zero-order valence-electron chi connectivity index (χ0n) is 10.9. The SMILES string of the molecule is CCc1ccsc1C(=O)NCC(C)(C)/C(N)=N/O. The summed E-state index contributed by atoms with van der Waals surface area (Å²) in [7, 11) is 0. The topological polar surface area (TPSA) is 87.7 Å². The smallest absolute Gasteiger partial charge is 0.261 e. The molecule has 0 saturated heterocycles. The van der Waals surface area contributed by atoms with Gasteiger partial charge in [-0.25, -0.2) is 0 Å². The maximum atomic E-state index is 12.0. The van der Waals surface area contributed by atoms with Crippen LogP contribution in [0.5, 0.6) is 0 Å². The molecule has 0 aliphatic heterocycles. The van der Waals surface area contributed by atoms with Crippen LogP contribution in [-0.2, 0) is 6.42 Å². The molecule has 5 nitrogen and oxygen atoms in total. The molecule has 1 amide bonds. The largest absolute Gasteiger partial charge is 0.409 e. The van der Waals surface area contributed by atoms with Crippen LogP contribution in [0.4, 0.5) is 0 Å². The van der Waals surface area contributed by atoms with E-state index in [0.717, 1.165) is 16.9 Å². The van der Waals surface area contributed by atoms with Gasteiger partial charge >= 0.3 is 0 Å². The van der Waals surface area contributed by atoms with E-state index in [1.165, 1.54) is 11.3 Å². The Balaban J connectivity index is 2.67. The number of carbonyl (C=O) groups is 1. The Hall–Kier alpha value is -1.56. The van der Waals surface area contributed by atoms with E-state index in [4.69, 9.17) is 10.9 Å². The van der Waals surface area contributed by atoms with Gasteiger partial charge in [0.2, 0.25) is 0 Å². The number of nitrogens with one attached hydrogen (secondary N) is 1. The number of rotatable bonds is 5. The lowest BCUT2D eigenvalue weighted by molar-refractivity contribution is 0.0947. The number of nitrogens with zero attached hydrogens (tertiary/aromatic N) is 1. The van der Waals surface area contributed by atoms with E-state index < -0.39 is 5.41 Å². The van der Waals surface area contributed by atoms with Crippen LogP contribution in [0.3, 0.4) is 0 Å². The first kappa shape index (κ1) is 14.5. The second-order valence-corrected chi connectivity index (χ2v) is 5.60. The fourth-order valence-electron chi connectivity index (χ4n) is 1.42. The molecule has 1 rings (SSSR count). The Morgan fingerprint density at radius 2 is 2.28 bits per heavy atom. The van der Waals surface area contributed by atoms with E-state index in [2.05, 4.69) is 10.5 Å². The lowest BCUT2D eigenvalue weighted by atomic mass is 9.92. The summed E-state index contributed by atoms with van der Waals surface area (Å²) in [6.45, 7) is 5.94. The van der Waals surface area contributed by atoms with Crippen molar-refractivity contribution < 1.29 is 10.0 Å². The highest BCUT2D eigenvalue weighted by Gasteiger charge is 2.25. The van der Waals surface area contributed by atoms with Gasteiger partial charge in [0.15, 0.2) is 0 Å². The van der Waals surface area contributed by atoms with Crippen LogP contribution in [0.25, 0.3) is 0 Å². The molecule has 18 heavy (non-hydrogen) atoms. The maximum Gasteiger partial charge on any atom is 0.261 e. The van der Waals surface area contributed by atoms with Crippen LogP contribution in [-0.4, -0.2) is 23.5 Å². The quantitative estimate of drug-likeness (QED) is 0.330. The zero-order chi connectivity index (χ0) is 13.8. The number of thiophene rings is 1. The van der Waals surface area contributed by atoms with Crippen molar-refractivity contribution in [1.29, 1.82) is 0 Å². The molecule has 0 aliphatic rings. The number of amides is 1. The molecule has 0 fully saturated rings. The highest BCUT2D eigenvalue weighted by atomic mass is 32.1. The second kappa shape index (κ2) is 5.86. The number of nitrogens with two attached hydrogens (primary N) is 1. The van der Waals surface area contributed by atoms with Crippen LogP contribution in [0.1, 0.15) is 36.0 Å². The normalized spacial score (nSPS) is 12.5. The molecule has 1 heterocycles. The van der Waals surface area contributed by atoms with Crippen molar-refractivity contribution in [2.24, 2.45) is 16.3 Å². The van der Waals surface area contributed by atoms with Gasteiger partial charge in [0, 0.05) is 12.0 Å². The van der Waals surface area contributed by atoms with Crippen LogP contribution in [0, 0.1) is 5.41 Å². The average molecular weight is 269 g/mol. The Morgan fingerprint density at radius 3 is 2.83 bits per heavy atom. The van der Waals surface area contributed by atoms with Crippen molar-refractivity contribution in [2.45, 2.75) is 27.2 Å². The first-order chi connectivity index (χ1) is 8.42. The molecule has 0 aliphatic carbocycles. The predicted octanol–water partition coefficient (Wildman–Crippen LogP) is 1.81. The lowest BCUT2D eigenvalue weighted by Crippen LogP contribution is -2.42. The fourth-order valence-corrected chi connectivity index (χ4v) is 2.33. The van der Waals surface area contributed by atoms with Gasteiger partial charge in [0.05, 0.1) is 4.88 Å². The molecule has 0 unspecified atom stereocenters. The monoisotopic (exact) mass is 269 g/mol. The predicted molar refractivity (Wildman–Crippen MR) is 73.2 cm³/mol. The van der Waals surface area contributed by atoms with Gasteiger partial charge in [-0.1, -0.05) is 25.9 Å². The number of oxime groups is 1. The summed E-state index contributed by atoms with van der Waals surface area (Å²) in [6.07, 6.45) is 0.829. The molecule has 0 spiro atoms. The standard InChI is InChI=1S/C12H19N3O2S/c1-4-8-5-6-18-9(8)10(16)14-7-12(2,3)11(13)15-17/h5-6,17H,4,7H2,1-3H3,(H2,13,15)(H,14,16). The summed E-state index contributed by atoms with van der Waals surface area (Å²) >= 11 is 1.42. The van der Waals surface area contributed by atoms with Crippen molar-refractivity contribution >= 4 is 23.1 Å². The molecule has 0 saturated carbocycles. The molecule has 4 N–H and O–H groups in total. The molecule has 1 aromatic heterocycles. The van der Waals surface area contributed by atoms with E-state index in [1.54, 1.807) is 13.8 Å². The van der Waals surface area contributed by atoms with Gasteiger partial charge in [-0.3, -0.25) is 4.79 Å². The Labute approximate surface area is 111 Å².